The molecular formula is C34H32N6O8. The molecule has 0 atom stereocenters. The van der Waals surface area contributed by atoms with Gasteiger partial charge in [0, 0.05) is 41.4 Å². The van der Waals surface area contributed by atoms with E-state index in [2.05, 4.69) is 9.97 Å². The van der Waals surface area contributed by atoms with Crippen molar-refractivity contribution >= 4 is 45.1 Å². The van der Waals surface area contributed by atoms with Crippen molar-refractivity contribution in [3.05, 3.63) is 108 Å². The zero-order chi connectivity index (χ0) is 34.0. The fourth-order valence-corrected chi connectivity index (χ4v) is 4.75. The fourth-order valence-electron chi connectivity index (χ4n) is 4.75. The topological polar surface area (TPSA) is 176 Å². The van der Waals surface area contributed by atoms with E-state index >= 15 is 0 Å². The molecule has 14 nitrogen and oxygen atoms in total. The number of fused-ring (bicyclic) bond motifs is 2. The second-order valence-electron chi connectivity index (χ2n) is 10.1. The number of hydrogen-bond donors (Lipinski definition) is 1. The number of nitrogens with zero attached hydrogens (tertiary/aromatic N) is 5. The SMILES string of the molecule is CCOC(=O)Cn1ccc2c(Oc3ccc(N)cn3)cccc21.CCOC(=O)Cn1ccc2c(Oc3ccc([N+](=O)[O-])cn3)cccc21. The molecule has 0 fully saturated rings. The second kappa shape index (κ2) is 15.2. The first-order valence-corrected chi connectivity index (χ1v) is 14.9. The smallest absolute Gasteiger partial charge is 0.325 e. The van der Waals surface area contributed by atoms with Crippen LogP contribution in [-0.2, 0) is 32.2 Å². The van der Waals surface area contributed by atoms with E-state index in [4.69, 9.17) is 24.7 Å². The molecule has 0 unspecified atom stereocenters. The summed E-state index contributed by atoms with van der Waals surface area (Å²) in [7, 11) is 0. The van der Waals surface area contributed by atoms with Gasteiger partial charge in [-0.05, 0) is 56.3 Å². The number of rotatable bonds is 11. The molecule has 6 rings (SSSR count). The molecule has 0 saturated carbocycles. The molecule has 0 amide bonds. The molecule has 48 heavy (non-hydrogen) atoms. The summed E-state index contributed by atoms with van der Waals surface area (Å²) >= 11 is 0. The van der Waals surface area contributed by atoms with Crippen molar-refractivity contribution in [2.75, 3.05) is 18.9 Å². The summed E-state index contributed by atoms with van der Waals surface area (Å²) in [5.41, 5.74) is 7.80. The Kier molecular flexibility index (Phi) is 10.5. The third-order valence-corrected chi connectivity index (χ3v) is 6.88. The molecule has 0 aliphatic heterocycles. The summed E-state index contributed by atoms with van der Waals surface area (Å²) < 4.78 is 25.1. The Morgan fingerprint density at radius 3 is 1.65 bits per heavy atom. The van der Waals surface area contributed by atoms with Gasteiger partial charge in [-0.15, -0.1) is 0 Å². The Bertz CT molecular complexity index is 2040. The maximum Gasteiger partial charge on any atom is 0.325 e. The van der Waals surface area contributed by atoms with Crippen LogP contribution in [0.3, 0.4) is 0 Å². The predicted octanol–water partition coefficient (Wildman–Crippen LogP) is 6.27. The first kappa shape index (κ1) is 32.9. The van der Waals surface area contributed by atoms with Crippen LogP contribution in [0.5, 0.6) is 23.3 Å². The van der Waals surface area contributed by atoms with E-state index in [0.717, 1.165) is 28.0 Å². The summed E-state index contributed by atoms with van der Waals surface area (Å²) in [4.78, 5) is 41.6. The van der Waals surface area contributed by atoms with E-state index in [0.29, 0.717) is 36.3 Å². The number of nitro groups is 1. The fraction of sp³-hybridized carbons (Fsp3) is 0.176. The number of nitrogen functional groups attached to an aromatic ring is 1. The summed E-state index contributed by atoms with van der Waals surface area (Å²) in [5, 5.41) is 12.4. The molecule has 2 aromatic carbocycles. The van der Waals surface area contributed by atoms with Crippen molar-refractivity contribution in [3.63, 3.8) is 0 Å². The van der Waals surface area contributed by atoms with E-state index in [9.17, 15) is 19.7 Å². The number of pyridine rings is 2. The molecular weight excluding hydrogens is 620 g/mol. The van der Waals surface area contributed by atoms with Crippen LogP contribution in [0.2, 0.25) is 0 Å². The highest BCUT2D eigenvalue weighted by Crippen LogP contribution is 2.31. The highest BCUT2D eigenvalue weighted by atomic mass is 16.6. The Morgan fingerprint density at radius 1 is 0.729 bits per heavy atom. The van der Waals surface area contributed by atoms with Crippen molar-refractivity contribution in [1.29, 1.82) is 0 Å². The van der Waals surface area contributed by atoms with Crippen LogP contribution in [-0.4, -0.2) is 49.2 Å². The zero-order valence-electron chi connectivity index (χ0n) is 26.1. The molecule has 0 radical (unpaired) electrons. The number of carbonyl (C=O) groups excluding carboxylic acids is 2. The second-order valence-corrected chi connectivity index (χ2v) is 10.1. The lowest BCUT2D eigenvalue weighted by atomic mass is 10.2. The average Bonchev–Trinajstić information content (AvgIpc) is 3.68. The first-order chi connectivity index (χ1) is 23.2. The van der Waals surface area contributed by atoms with Gasteiger partial charge in [-0.1, -0.05) is 12.1 Å². The van der Waals surface area contributed by atoms with Gasteiger partial charge in [-0.25, -0.2) is 9.97 Å². The minimum Gasteiger partial charge on any atom is -0.465 e. The molecule has 0 spiro atoms. The van der Waals surface area contributed by atoms with E-state index in [1.54, 1.807) is 55.1 Å². The Hall–Kier alpha value is -6.44. The minimum atomic E-state index is -0.521. The van der Waals surface area contributed by atoms with Crippen LogP contribution >= 0.6 is 0 Å². The van der Waals surface area contributed by atoms with Crippen molar-refractivity contribution in [3.8, 4) is 23.3 Å². The first-order valence-electron chi connectivity index (χ1n) is 14.9. The van der Waals surface area contributed by atoms with Gasteiger partial charge < -0.3 is 33.8 Å². The number of hydrogen-bond acceptors (Lipinski definition) is 11. The van der Waals surface area contributed by atoms with E-state index in [1.165, 1.54) is 12.1 Å². The number of anilines is 1. The standard InChI is InChI=1S/C17H15N3O5.C17H17N3O3/c1-2-24-17(21)11-19-9-8-13-14(19)4-3-5-15(13)25-16-7-6-12(10-18-16)20(22)23;1-2-22-17(21)11-20-9-8-13-14(20)4-3-5-15(13)23-16-7-6-12(18)10-19-16/h3-10H,2,11H2,1H3;3-10H,2,11,18H2,1H3. The summed E-state index contributed by atoms with van der Waals surface area (Å²) in [6, 6.07) is 21.0. The minimum absolute atomic E-state index is 0.105. The highest BCUT2D eigenvalue weighted by molar-refractivity contribution is 5.88. The molecule has 246 valence electrons. The molecule has 14 heteroatoms. The summed E-state index contributed by atoms with van der Waals surface area (Å²) in [6.07, 6.45) is 6.30. The van der Waals surface area contributed by atoms with Gasteiger partial charge in [-0.2, -0.15) is 0 Å². The van der Waals surface area contributed by atoms with Crippen molar-refractivity contribution in [1.82, 2.24) is 19.1 Å². The molecule has 0 aliphatic rings. The van der Waals surface area contributed by atoms with Crippen molar-refractivity contribution in [2.24, 2.45) is 0 Å². The lowest BCUT2D eigenvalue weighted by molar-refractivity contribution is -0.385. The van der Waals surface area contributed by atoms with Gasteiger partial charge in [0.05, 0.1) is 41.1 Å². The molecule has 0 saturated heterocycles. The number of carbonyl (C=O) groups is 2. The van der Waals surface area contributed by atoms with Crippen LogP contribution in [0.25, 0.3) is 21.8 Å². The van der Waals surface area contributed by atoms with Crippen LogP contribution < -0.4 is 15.2 Å². The number of aromatic nitrogens is 4. The molecule has 6 aromatic rings. The third-order valence-electron chi connectivity index (χ3n) is 6.88. The summed E-state index contributed by atoms with van der Waals surface area (Å²) in [5.74, 6) is 1.34. The summed E-state index contributed by atoms with van der Waals surface area (Å²) in [6.45, 7) is 4.52. The van der Waals surface area contributed by atoms with Gasteiger partial charge in [-0.3, -0.25) is 19.7 Å². The van der Waals surface area contributed by atoms with E-state index in [-0.39, 0.29) is 36.6 Å². The van der Waals surface area contributed by atoms with Gasteiger partial charge in [0.25, 0.3) is 5.69 Å². The molecule has 0 aliphatic carbocycles. The van der Waals surface area contributed by atoms with Crippen molar-refractivity contribution in [2.45, 2.75) is 26.9 Å². The lowest BCUT2D eigenvalue weighted by Crippen LogP contribution is -2.12. The monoisotopic (exact) mass is 652 g/mol. The molecule has 4 heterocycles. The van der Waals surface area contributed by atoms with E-state index in [1.807, 2.05) is 47.2 Å². The number of benzene rings is 2. The predicted molar refractivity (Wildman–Crippen MR) is 177 cm³/mol. The normalized spacial score (nSPS) is 10.6. The molecule has 2 N–H and O–H groups in total. The zero-order valence-corrected chi connectivity index (χ0v) is 26.1. The average molecular weight is 653 g/mol. The van der Waals surface area contributed by atoms with Gasteiger partial charge >= 0.3 is 11.9 Å². The quantitative estimate of drug-likeness (QED) is 0.0947. The Balaban J connectivity index is 0.000000188. The highest BCUT2D eigenvalue weighted by Gasteiger charge is 2.13. The van der Waals surface area contributed by atoms with Crippen LogP contribution in [0.1, 0.15) is 13.8 Å². The Morgan fingerprint density at radius 2 is 1.23 bits per heavy atom. The number of nitrogens with two attached hydrogens (primary N) is 1. The lowest BCUT2D eigenvalue weighted by Gasteiger charge is -2.08. The van der Waals surface area contributed by atoms with Crippen molar-refractivity contribution < 1.29 is 33.5 Å². The largest absolute Gasteiger partial charge is 0.465 e. The molecule has 4 aromatic heterocycles. The third kappa shape index (κ3) is 8.04. The Labute approximate surface area is 274 Å². The van der Waals surface area contributed by atoms with E-state index < -0.39 is 4.92 Å². The van der Waals surface area contributed by atoms with Gasteiger partial charge in [0.15, 0.2) is 0 Å². The van der Waals surface area contributed by atoms with Crippen LogP contribution in [0, 0.1) is 10.1 Å². The van der Waals surface area contributed by atoms with Gasteiger partial charge in [0.1, 0.15) is 30.8 Å². The van der Waals surface area contributed by atoms with Crippen LogP contribution in [0.15, 0.2) is 97.6 Å². The van der Waals surface area contributed by atoms with Gasteiger partial charge in [0.2, 0.25) is 11.8 Å². The maximum absolute atomic E-state index is 11.7. The number of ether oxygens (including phenoxy) is 4. The maximum atomic E-state index is 11.7. The van der Waals surface area contributed by atoms with Crippen LogP contribution in [0.4, 0.5) is 11.4 Å². The number of esters is 2. The molecule has 0 bridgehead atoms.